The van der Waals surface area contributed by atoms with Gasteiger partial charge in [0, 0.05) is 24.6 Å². The molecule has 3 aromatic rings. The first-order valence-electron chi connectivity index (χ1n) is 15.7. The Morgan fingerprint density at radius 2 is 1.23 bits per heavy atom. The first kappa shape index (κ1) is 41.7. The molecule has 0 heterocycles. The van der Waals surface area contributed by atoms with Crippen LogP contribution in [0.4, 0.5) is 42.1 Å². The van der Waals surface area contributed by atoms with Gasteiger partial charge in [-0.2, -0.15) is 30.7 Å². The van der Waals surface area contributed by atoms with Crippen LogP contribution in [-0.2, 0) is 20.4 Å². The lowest BCUT2D eigenvalue weighted by Crippen LogP contribution is -2.36. The van der Waals surface area contributed by atoms with E-state index in [0.29, 0.717) is 31.2 Å². The lowest BCUT2D eigenvalue weighted by molar-refractivity contribution is -0.394. The van der Waals surface area contributed by atoms with Crippen molar-refractivity contribution in [3.05, 3.63) is 110 Å². The molecule has 53 heavy (non-hydrogen) atoms. The Morgan fingerprint density at radius 1 is 0.679 bits per heavy atom. The number of carbonyl (C=O) groups excluding carboxylic acids is 2. The number of hydrogen-bond donors (Lipinski definition) is 0. The van der Waals surface area contributed by atoms with Crippen LogP contribution in [0.25, 0.3) is 6.08 Å². The van der Waals surface area contributed by atoms with Gasteiger partial charge in [-0.05, 0) is 80.1 Å². The number of nitro benzene ring substituents is 2. The van der Waals surface area contributed by atoms with Crippen molar-refractivity contribution in [3.63, 3.8) is 0 Å². The SMILES string of the molecule is O=C(/C=C/c1ccc(C(F)(F)Oc2ccc(OCCCC(F)(F)C(F)(F)F)cc2)cc1)OCCCCCCOC(=O)c1cc([N+](=O)[O-])cc([N+](=O)[O-])c1. The van der Waals surface area contributed by atoms with E-state index in [1.165, 1.54) is 30.3 Å². The van der Waals surface area contributed by atoms with Gasteiger partial charge < -0.3 is 18.9 Å². The monoisotopic (exact) mass is 760 g/mol. The van der Waals surface area contributed by atoms with Gasteiger partial charge in [0.1, 0.15) is 11.5 Å². The van der Waals surface area contributed by atoms with Crippen molar-refractivity contribution >= 4 is 29.4 Å². The Balaban J connectivity index is 1.33. The molecule has 3 rings (SSSR count). The van der Waals surface area contributed by atoms with Gasteiger partial charge in [0.2, 0.25) is 0 Å². The molecule has 0 saturated heterocycles. The molecule has 0 saturated carbocycles. The van der Waals surface area contributed by atoms with Crippen LogP contribution in [0.3, 0.4) is 0 Å². The number of non-ortho nitro benzene ring substituents is 2. The highest BCUT2D eigenvalue weighted by atomic mass is 19.4. The Hall–Kier alpha value is -5.75. The van der Waals surface area contributed by atoms with Gasteiger partial charge in [0.05, 0.1) is 46.9 Å². The third-order valence-corrected chi connectivity index (χ3v) is 7.12. The number of halogens is 7. The molecule has 0 amide bonds. The molecule has 0 aliphatic rings. The molecule has 0 unspecified atom stereocenters. The second-order valence-corrected chi connectivity index (χ2v) is 11.2. The summed E-state index contributed by atoms with van der Waals surface area (Å²) in [6, 6.07) is 11.8. The molecule has 0 aliphatic heterocycles. The van der Waals surface area contributed by atoms with E-state index in [1.807, 2.05) is 0 Å². The zero-order valence-electron chi connectivity index (χ0n) is 27.5. The maximum Gasteiger partial charge on any atom is 0.453 e. The minimum atomic E-state index is -5.67. The van der Waals surface area contributed by atoms with Gasteiger partial charge >= 0.3 is 30.1 Å². The van der Waals surface area contributed by atoms with Crippen molar-refractivity contribution in [2.24, 2.45) is 0 Å². The number of alkyl halides is 7. The van der Waals surface area contributed by atoms with E-state index in [1.54, 1.807) is 0 Å². The Bertz CT molecular complexity index is 1720. The number of benzene rings is 3. The van der Waals surface area contributed by atoms with Gasteiger partial charge in [-0.25, -0.2) is 9.59 Å². The normalized spacial score (nSPS) is 12.0. The average Bonchev–Trinajstić information content (AvgIpc) is 3.10. The average molecular weight is 761 g/mol. The minimum Gasteiger partial charge on any atom is -0.494 e. The summed E-state index contributed by atoms with van der Waals surface area (Å²) in [7, 11) is 0. The van der Waals surface area contributed by atoms with E-state index in [2.05, 4.69) is 0 Å². The molecule has 19 heteroatoms. The van der Waals surface area contributed by atoms with E-state index in [-0.39, 0.29) is 30.3 Å². The summed E-state index contributed by atoms with van der Waals surface area (Å²) in [6.45, 7) is -0.441. The third-order valence-electron chi connectivity index (χ3n) is 7.12. The zero-order chi connectivity index (χ0) is 39.2. The fourth-order valence-corrected chi connectivity index (χ4v) is 4.34. The van der Waals surface area contributed by atoms with Gasteiger partial charge in [-0.1, -0.05) is 12.1 Å². The summed E-state index contributed by atoms with van der Waals surface area (Å²) >= 11 is 0. The second kappa shape index (κ2) is 18.7. The molecular weight excluding hydrogens is 729 g/mol. The van der Waals surface area contributed by atoms with Crippen molar-refractivity contribution in [1.82, 2.24) is 0 Å². The van der Waals surface area contributed by atoms with Crippen LogP contribution in [-0.4, -0.2) is 53.7 Å². The molecule has 0 N–H and O–H groups in total. The van der Waals surface area contributed by atoms with Crippen molar-refractivity contribution < 1.29 is 69.1 Å². The number of carbonyl (C=O) groups is 2. The highest BCUT2D eigenvalue weighted by Gasteiger charge is 2.56. The summed E-state index contributed by atoms with van der Waals surface area (Å²) in [4.78, 5) is 44.4. The van der Waals surface area contributed by atoms with Crippen LogP contribution in [0, 0.1) is 20.2 Å². The minimum absolute atomic E-state index is 0.0446. The van der Waals surface area contributed by atoms with E-state index >= 15 is 0 Å². The molecule has 3 aromatic carbocycles. The van der Waals surface area contributed by atoms with Crippen LogP contribution in [0.2, 0.25) is 0 Å². The Morgan fingerprint density at radius 3 is 1.77 bits per heavy atom. The highest BCUT2D eigenvalue weighted by Crippen LogP contribution is 2.39. The lowest BCUT2D eigenvalue weighted by Gasteiger charge is -2.19. The molecule has 0 bridgehead atoms. The van der Waals surface area contributed by atoms with Crippen molar-refractivity contribution in [1.29, 1.82) is 0 Å². The first-order chi connectivity index (χ1) is 24.9. The smallest absolute Gasteiger partial charge is 0.453 e. The maximum atomic E-state index is 14.7. The number of nitrogens with zero attached hydrogens (tertiary/aromatic N) is 2. The molecule has 0 spiro atoms. The predicted octanol–water partition coefficient (Wildman–Crippen LogP) is 8.96. The summed E-state index contributed by atoms with van der Waals surface area (Å²) in [5.74, 6) is -6.73. The molecule has 0 aromatic heterocycles. The number of esters is 2. The molecule has 0 atom stereocenters. The van der Waals surface area contributed by atoms with E-state index in [4.69, 9.17) is 18.9 Å². The highest BCUT2D eigenvalue weighted by molar-refractivity contribution is 5.91. The standard InChI is InChI=1S/C34H31F7N2O10/c35-32(36,34(39,40)41)16-5-19-50-28-11-13-29(14-12-28)53-33(37,38)25-9-6-23(7-10-25)8-15-30(44)51-17-3-1-2-4-18-52-31(45)24-20-26(42(46)47)22-27(21-24)43(48)49/h6-15,20-22H,1-5,16-19H2/b15-8+. The quantitative estimate of drug-likeness (QED) is 0.0272. The van der Waals surface area contributed by atoms with Crippen molar-refractivity contribution in [2.75, 3.05) is 19.8 Å². The molecule has 0 radical (unpaired) electrons. The second-order valence-electron chi connectivity index (χ2n) is 11.2. The lowest BCUT2D eigenvalue weighted by atomic mass is 10.1. The third kappa shape index (κ3) is 13.4. The Kier molecular flexibility index (Phi) is 14.7. The summed E-state index contributed by atoms with van der Waals surface area (Å²) in [6.07, 6.45) is -7.04. The molecule has 0 fully saturated rings. The fourth-order valence-electron chi connectivity index (χ4n) is 4.34. The number of rotatable bonds is 20. The van der Waals surface area contributed by atoms with Crippen LogP contribution in [0.5, 0.6) is 11.5 Å². The summed E-state index contributed by atoms with van der Waals surface area (Å²) in [5, 5.41) is 21.9. The number of ether oxygens (including phenoxy) is 4. The number of nitro groups is 2. The zero-order valence-corrected chi connectivity index (χ0v) is 27.5. The van der Waals surface area contributed by atoms with Gasteiger partial charge in [-0.3, -0.25) is 20.2 Å². The topological polar surface area (TPSA) is 157 Å². The van der Waals surface area contributed by atoms with Crippen LogP contribution < -0.4 is 9.47 Å². The molecule has 0 aliphatic carbocycles. The van der Waals surface area contributed by atoms with Crippen LogP contribution in [0.1, 0.15) is 60.0 Å². The van der Waals surface area contributed by atoms with E-state index in [9.17, 15) is 60.6 Å². The van der Waals surface area contributed by atoms with E-state index < -0.39 is 76.4 Å². The Labute approximate surface area is 296 Å². The largest absolute Gasteiger partial charge is 0.494 e. The maximum absolute atomic E-state index is 14.7. The molecule has 286 valence electrons. The van der Waals surface area contributed by atoms with E-state index in [0.717, 1.165) is 48.5 Å². The number of unbranched alkanes of at least 4 members (excludes halogenated alkanes) is 3. The predicted molar refractivity (Wildman–Crippen MR) is 172 cm³/mol. The van der Waals surface area contributed by atoms with Gasteiger partial charge in [0.25, 0.3) is 11.4 Å². The van der Waals surface area contributed by atoms with Gasteiger partial charge in [0.15, 0.2) is 0 Å². The summed E-state index contributed by atoms with van der Waals surface area (Å²) in [5.41, 5.74) is -1.70. The molecular formula is C34H31F7N2O10. The van der Waals surface area contributed by atoms with Gasteiger partial charge in [-0.15, -0.1) is 0 Å². The first-order valence-corrected chi connectivity index (χ1v) is 15.7. The number of hydrogen-bond acceptors (Lipinski definition) is 10. The fraction of sp³-hybridized carbons (Fsp3) is 0.353. The van der Waals surface area contributed by atoms with Crippen LogP contribution >= 0.6 is 0 Å². The van der Waals surface area contributed by atoms with Crippen molar-refractivity contribution in [2.45, 2.75) is 56.7 Å². The molecule has 12 nitrogen and oxygen atoms in total. The van der Waals surface area contributed by atoms with Crippen molar-refractivity contribution in [3.8, 4) is 11.5 Å². The summed E-state index contributed by atoms with van der Waals surface area (Å²) < 4.78 is 112. The van der Waals surface area contributed by atoms with Crippen LogP contribution in [0.15, 0.2) is 72.8 Å².